The third kappa shape index (κ3) is 4.73. The Morgan fingerprint density at radius 3 is 2.42 bits per heavy atom. The molecule has 4 rings (SSSR count). The van der Waals surface area contributed by atoms with Crippen LogP contribution in [-0.4, -0.2) is 53.4 Å². The number of likely N-dealkylation sites (tertiary alicyclic amines) is 1. The van der Waals surface area contributed by atoms with Crippen molar-refractivity contribution in [1.29, 1.82) is 0 Å². The minimum atomic E-state index is -1.22. The molecule has 2 fully saturated rings. The van der Waals surface area contributed by atoms with Crippen molar-refractivity contribution in [3.05, 3.63) is 59.7 Å². The average Bonchev–Trinajstić information content (AvgIpc) is 3.47. The second-order valence-corrected chi connectivity index (χ2v) is 9.70. The second-order valence-electron chi connectivity index (χ2n) is 9.70. The first-order chi connectivity index (χ1) is 15.8. The lowest BCUT2D eigenvalue weighted by Crippen LogP contribution is -2.39. The van der Waals surface area contributed by atoms with Gasteiger partial charge in [-0.3, -0.25) is 4.79 Å². The normalized spacial score (nSPS) is 25.1. The topological polar surface area (TPSA) is 79.2 Å². The smallest absolute Gasteiger partial charge is 0.256 e. The molecule has 2 aliphatic rings. The van der Waals surface area contributed by atoms with Gasteiger partial charge in [0.1, 0.15) is 0 Å². The lowest BCUT2D eigenvalue weighted by molar-refractivity contribution is -0.140. The first kappa shape index (κ1) is 23.6. The number of hydrogen-bond acceptors (Lipinski definition) is 5. The maximum absolute atomic E-state index is 13.2. The second kappa shape index (κ2) is 9.74. The predicted octanol–water partition coefficient (Wildman–Crippen LogP) is 4.06. The molecule has 6 nitrogen and oxygen atoms in total. The number of carbonyl (C=O) groups excluding carboxylic acids is 1. The summed E-state index contributed by atoms with van der Waals surface area (Å²) in [6.45, 7) is 4.56. The number of nitrogens with zero attached hydrogens (tertiary/aromatic N) is 1. The molecular formula is C27H35NO5. The van der Waals surface area contributed by atoms with Crippen LogP contribution in [0, 0.1) is 5.41 Å². The lowest BCUT2D eigenvalue weighted by atomic mass is 9.72. The standard InChI is InChI=1S/C27H35NO5/c1-18(29)27(2)17-28(26(31)25(30)19-9-5-4-6-10-19)16-22(27)20-13-14-23(32-3)24(15-20)33-21-11-7-8-12-21/h4-6,9-10,13-15,18,21-22,25,29-30H,7-8,11-12,16-17H2,1-3H3. The van der Waals surface area contributed by atoms with Crippen molar-refractivity contribution in [3.63, 3.8) is 0 Å². The summed E-state index contributed by atoms with van der Waals surface area (Å²) in [6.07, 6.45) is 2.77. The van der Waals surface area contributed by atoms with E-state index in [1.165, 1.54) is 12.8 Å². The quantitative estimate of drug-likeness (QED) is 0.661. The summed E-state index contributed by atoms with van der Waals surface area (Å²) < 4.78 is 11.8. The number of benzene rings is 2. The molecule has 6 heteroatoms. The maximum Gasteiger partial charge on any atom is 0.256 e. The monoisotopic (exact) mass is 453 g/mol. The van der Waals surface area contributed by atoms with Crippen LogP contribution in [-0.2, 0) is 4.79 Å². The van der Waals surface area contributed by atoms with Crippen LogP contribution in [0.1, 0.15) is 62.7 Å². The van der Waals surface area contributed by atoms with Crippen LogP contribution in [0.4, 0.5) is 0 Å². The van der Waals surface area contributed by atoms with Gasteiger partial charge in [-0.05, 0) is 55.9 Å². The van der Waals surface area contributed by atoms with E-state index in [-0.39, 0.29) is 17.9 Å². The molecule has 1 amide bonds. The number of carbonyl (C=O) groups is 1. The molecule has 1 heterocycles. The van der Waals surface area contributed by atoms with Gasteiger partial charge < -0.3 is 24.6 Å². The Labute approximate surface area is 196 Å². The van der Waals surface area contributed by atoms with Crippen LogP contribution < -0.4 is 9.47 Å². The average molecular weight is 454 g/mol. The number of methoxy groups -OCH3 is 1. The summed E-state index contributed by atoms with van der Waals surface area (Å²) in [5, 5.41) is 21.4. The summed E-state index contributed by atoms with van der Waals surface area (Å²) in [5.41, 5.74) is 1.00. The number of amides is 1. The van der Waals surface area contributed by atoms with Crippen molar-refractivity contribution >= 4 is 5.91 Å². The molecule has 1 saturated heterocycles. The van der Waals surface area contributed by atoms with Crippen molar-refractivity contribution < 1.29 is 24.5 Å². The van der Waals surface area contributed by atoms with Crippen LogP contribution in [0.3, 0.4) is 0 Å². The summed E-state index contributed by atoms with van der Waals surface area (Å²) in [6, 6.07) is 14.9. The SMILES string of the molecule is COc1ccc(C2CN(C(=O)C(O)c3ccccc3)CC2(C)C(C)O)cc1OC1CCCC1. The Morgan fingerprint density at radius 2 is 1.79 bits per heavy atom. The number of hydrogen-bond donors (Lipinski definition) is 2. The minimum Gasteiger partial charge on any atom is -0.493 e. The summed E-state index contributed by atoms with van der Waals surface area (Å²) in [4.78, 5) is 14.9. The van der Waals surface area contributed by atoms with Crippen LogP contribution in [0.5, 0.6) is 11.5 Å². The van der Waals surface area contributed by atoms with Gasteiger partial charge in [0.2, 0.25) is 0 Å². The molecule has 4 atom stereocenters. The summed E-state index contributed by atoms with van der Waals surface area (Å²) >= 11 is 0. The first-order valence-electron chi connectivity index (χ1n) is 11.9. The molecule has 1 aliphatic carbocycles. The summed E-state index contributed by atoms with van der Waals surface area (Å²) in [5.74, 6) is 0.951. The zero-order valence-electron chi connectivity index (χ0n) is 19.7. The number of rotatable bonds is 7. The molecule has 1 saturated carbocycles. The van der Waals surface area contributed by atoms with Gasteiger partial charge in [-0.25, -0.2) is 0 Å². The van der Waals surface area contributed by atoms with E-state index in [9.17, 15) is 15.0 Å². The van der Waals surface area contributed by atoms with Gasteiger partial charge in [0.05, 0.1) is 19.3 Å². The van der Waals surface area contributed by atoms with E-state index in [0.29, 0.717) is 30.2 Å². The summed E-state index contributed by atoms with van der Waals surface area (Å²) in [7, 11) is 1.64. The number of aliphatic hydroxyl groups is 2. The molecule has 2 N–H and O–H groups in total. The van der Waals surface area contributed by atoms with E-state index in [2.05, 4.69) is 0 Å². The first-order valence-corrected chi connectivity index (χ1v) is 11.9. The van der Waals surface area contributed by atoms with Crippen molar-refractivity contribution in [2.24, 2.45) is 5.41 Å². The lowest BCUT2D eigenvalue weighted by Gasteiger charge is -2.34. The maximum atomic E-state index is 13.2. The fourth-order valence-electron chi connectivity index (χ4n) is 5.23. The Hall–Kier alpha value is -2.57. The van der Waals surface area contributed by atoms with Gasteiger partial charge in [-0.15, -0.1) is 0 Å². The highest BCUT2D eigenvalue weighted by atomic mass is 16.5. The molecule has 0 radical (unpaired) electrons. The number of aliphatic hydroxyl groups excluding tert-OH is 2. The Kier molecular flexibility index (Phi) is 6.96. The zero-order chi connectivity index (χ0) is 23.6. The highest BCUT2D eigenvalue weighted by molar-refractivity contribution is 5.82. The third-order valence-corrected chi connectivity index (χ3v) is 7.53. The molecule has 0 aromatic heterocycles. The molecule has 2 aromatic carbocycles. The third-order valence-electron chi connectivity index (χ3n) is 7.53. The van der Waals surface area contributed by atoms with Crippen LogP contribution >= 0.6 is 0 Å². The molecular weight excluding hydrogens is 418 g/mol. The van der Waals surface area contributed by atoms with Crippen molar-refractivity contribution in [2.45, 2.75) is 63.8 Å². The fraction of sp³-hybridized carbons (Fsp3) is 0.519. The van der Waals surface area contributed by atoms with Gasteiger partial charge in [0.25, 0.3) is 5.91 Å². The minimum absolute atomic E-state index is 0.110. The molecule has 0 bridgehead atoms. The van der Waals surface area contributed by atoms with E-state index in [1.807, 2.05) is 43.3 Å². The van der Waals surface area contributed by atoms with E-state index in [4.69, 9.17) is 9.47 Å². The van der Waals surface area contributed by atoms with Gasteiger partial charge in [0, 0.05) is 24.4 Å². The van der Waals surface area contributed by atoms with Gasteiger partial charge in [-0.2, -0.15) is 0 Å². The Balaban J connectivity index is 1.61. The Morgan fingerprint density at radius 1 is 1.09 bits per heavy atom. The number of ether oxygens (including phenoxy) is 2. The fourth-order valence-corrected chi connectivity index (χ4v) is 5.23. The zero-order valence-corrected chi connectivity index (χ0v) is 19.7. The highest BCUT2D eigenvalue weighted by Crippen LogP contribution is 2.47. The largest absolute Gasteiger partial charge is 0.493 e. The van der Waals surface area contributed by atoms with E-state index in [1.54, 1.807) is 31.1 Å². The van der Waals surface area contributed by atoms with Crippen LogP contribution in [0.2, 0.25) is 0 Å². The van der Waals surface area contributed by atoms with Crippen LogP contribution in [0.25, 0.3) is 0 Å². The van der Waals surface area contributed by atoms with Gasteiger partial charge in [-0.1, -0.05) is 43.3 Å². The van der Waals surface area contributed by atoms with E-state index >= 15 is 0 Å². The molecule has 1 aliphatic heterocycles. The molecule has 33 heavy (non-hydrogen) atoms. The van der Waals surface area contributed by atoms with Crippen molar-refractivity contribution in [1.82, 2.24) is 4.90 Å². The molecule has 178 valence electrons. The molecule has 2 aromatic rings. The van der Waals surface area contributed by atoms with E-state index < -0.39 is 17.6 Å². The predicted molar refractivity (Wildman–Crippen MR) is 126 cm³/mol. The molecule has 4 unspecified atom stereocenters. The Bertz CT molecular complexity index is 956. The van der Waals surface area contributed by atoms with Crippen molar-refractivity contribution in [2.75, 3.05) is 20.2 Å². The van der Waals surface area contributed by atoms with Crippen molar-refractivity contribution in [3.8, 4) is 11.5 Å². The highest BCUT2D eigenvalue weighted by Gasteiger charge is 2.49. The van der Waals surface area contributed by atoms with E-state index in [0.717, 1.165) is 18.4 Å². The van der Waals surface area contributed by atoms with Gasteiger partial charge in [0.15, 0.2) is 17.6 Å². The van der Waals surface area contributed by atoms with Crippen LogP contribution in [0.15, 0.2) is 48.5 Å². The molecule has 0 spiro atoms. The van der Waals surface area contributed by atoms with Gasteiger partial charge >= 0.3 is 0 Å².